The molecule has 1 amide bonds. The zero-order chi connectivity index (χ0) is 22.0. The lowest BCUT2D eigenvalue weighted by Gasteiger charge is -2.28. The Bertz CT molecular complexity index is 718. The third kappa shape index (κ3) is 7.01. The highest BCUT2D eigenvalue weighted by atomic mass is 16.6. The van der Waals surface area contributed by atoms with Crippen LogP contribution < -0.4 is 5.73 Å². The van der Waals surface area contributed by atoms with Crippen LogP contribution in [0.3, 0.4) is 0 Å². The maximum atomic E-state index is 12.5. The highest BCUT2D eigenvalue weighted by molar-refractivity contribution is 5.71. The first-order valence-corrected chi connectivity index (χ1v) is 10.00. The molecule has 7 nitrogen and oxygen atoms in total. The van der Waals surface area contributed by atoms with Crippen LogP contribution in [-0.2, 0) is 14.3 Å². The Morgan fingerprint density at radius 2 is 1.66 bits per heavy atom. The van der Waals surface area contributed by atoms with Crippen molar-refractivity contribution in [2.45, 2.75) is 83.8 Å². The van der Waals surface area contributed by atoms with Crippen molar-refractivity contribution >= 4 is 12.1 Å². The molecular weight excluding hydrogens is 372 g/mol. The lowest BCUT2D eigenvalue weighted by Crippen LogP contribution is -2.37. The fourth-order valence-corrected chi connectivity index (χ4v) is 3.30. The number of aliphatic hydroxyl groups is 1. The van der Waals surface area contributed by atoms with E-state index in [9.17, 15) is 14.7 Å². The summed E-state index contributed by atoms with van der Waals surface area (Å²) in [5.74, 6) is -0.343. The summed E-state index contributed by atoms with van der Waals surface area (Å²) in [6.45, 7) is 11.1. The summed E-state index contributed by atoms with van der Waals surface area (Å²) in [7, 11) is 0. The van der Waals surface area contributed by atoms with Crippen molar-refractivity contribution in [1.29, 1.82) is 0 Å². The van der Waals surface area contributed by atoms with Crippen LogP contribution in [0.4, 0.5) is 4.79 Å². The number of rotatable bonds is 4. The predicted molar refractivity (Wildman–Crippen MR) is 110 cm³/mol. The second kappa shape index (κ2) is 8.71. The molecule has 0 bridgehead atoms. The summed E-state index contributed by atoms with van der Waals surface area (Å²) in [4.78, 5) is 26.1. The quantitative estimate of drug-likeness (QED) is 0.743. The van der Waals surface area contributed by atoms with E-state index in [-0.39, 0.29) is 25.0 Å². The van der Waals surface area contributed by atoms with Gasteiger partial charge in [-0.2, -0.15) is 0 Å². The summed E-state index contributed by atoms with van der Waals surface area (Å²) in [6, 6.07) is 6.71. The molecule has 29 heavy (non-hydrogen) atoms. The van der Waals surface area contributed by atoms with Crippen molar-refractivity contribution in [2.24, 2.45) is 5.73 Å². The van der Waals surface area contributed by atoms with Crippen LogP contribution in [0.1, 0.15) is 77.6 Å². The average molecular weight is 407 g/mol. The Balaban J connectivity index is 2.08. The van der Waals surface area contributed by atoms with Gasteiger partial charge in [-0.1, -0.05) is 24.3 Å². The molecule has 1 heterocycles. The number of esters is 1. The van der Waals surface area contributed by atoms with Gasteiger partial charge in [-0.25, -0.2) is 4.79 Å². The summed E-state index contributed by atoms with van der Waals surface area (Å²) < 4.78 is 10.8. The van der Waals surface area contributed by atoms with Crippen LogP contribution >= 0.6 is 0 Å². The summed E-state index contributed by atoms with van der Waals surface area (Å²) >= 11 is 0. The van der Waals surface area contributed by atoms with Gasteiger partial charge in [0.05, 0.1) is 25.1 Å². The average Bonchev–Trinajstić information content (AvgIpc) is 2.93. The summed E-state index contributed by atoms with van der Waals surface area (Å²) in [5.41, 5.74) is 6.71. The lowest BCUT2D eigenvalue weighted by molar-refractivity contribution is -0.155. The number of nitrogens with two attached hydrogens (primary N) is 1. The maximum absolute atomic E-state index is 12.5. The molecular formula is C22H34N2O5. The molecule has 0 aromatic heterocycles. The number of amides is 1. The van der Waals surface area contributed by atoms with Crippen LogP contribution in [0.5, 0.6) is 0 Å². The molecule has 1 aliphatic heterocycles. The third-order valence-corrected chi connectivity index (χ3v) is 4.46. The Morgan fingerprint density at radius 1 is 1.10 bits per heavy atom. The van der Waals surface area contributed by atoms with Gasteiger partial charge in [0.1, 0.15) is 11.2 Å². The van der Waals surface area contributed by atoms with E-state index < -0.39 is 29.4 Å². The maximum Gasteiger partial charge on any atom is 0.410 e. The van der Waals surface area contributed by atoms with E-state index >= 15 is 0 Å². The van der Waals surface area contributed by atoms with E-state index in [4.69, 9.17) is 15.2 Å². The van der Waals surface area contributed by atoms with Crippen LogP contribution in [0, 0.1) is 0 Å². The largest absolute Gasteiger partial charge is 0.460 e. The highest BCUT2D eigenvalue weighted by Crippen LogP contribution is 2.34. The topological polar surface area (TPSA) is 102 Å². The van der Waals surface area contributed by atoms with Gasteiger partial charge in [0.15, 0.2) is 0 Å². The van der Waals surface area contributed by atoms with Crippen molar-refractivity contribution in [3.05, 3.63) is 35.4 Å². The third-order valence-electron chi connectivity index (χ3n) is 4.46. The lowest BCUT2D eigenvalue weighted by atomic mass is 9.98. The Hall–Kier alpha value is -2.12. The molecule has 1 aromatic carbocycles. The number of β-amino-alcohol motifs (C(OH)–C–C–N with tert-alkyl or cyclic N) is 1. The number of likely N-dealkylation sites (tertiary alicyclic amines) is 1. The molecule has 0 unspecified atom stereocenters. The number of carbonyl (C=O) groups is 2. The van der Waals surface area contributed by atoms with Gasteiger partial charge >= 0.3 is 12.1 Å². The van der Waals surface area contributed by atoms with Gasteiger partial charge in [-0.15, -0.1) is 0 Å². The zero-order valence-electron chi connectivity index (χ0n) is 18.3. The monoisotopic (exact) mass is 406 g/mol. The van der Waals surface area contributed by atoms with E-state index in [2.05, 4.69) is 0 Å². The van der Waals surface area contributed by atoms with Crippen LogP contribution in [-0.4, -0.2) is 45.9 Å². The minimum absolute atomic E-state index is 0.0861. The van der Waals surface area contributed by atoms with Crippen molar-refractivity contribution in [3.8, 4) is 0 Å². The second-order valence-corrected chi connectivity index (χ2v) is 9.60. The van der Waals surface area contributed by atoms with Crippen molar-refractivity contribution in [1.82, 2.24) is 4.90 Å². The predicted octanol–water partition coefficient (Wildman–Crippen LogP) is 3.46. The van der Waals surface area contributed by atoms with Gasteiger partial charge in [-0.05, 0) is 59.1 Å². The standard InChI is InChI=1S/C22H34N2O5/c1-21(2,3)28-19(26)12-17(23)14-7-9-15(10-8-14)18-11-16(25)13-24(18)20(27)29-22(4,5)6/h7-10,16-18,25H,11-13,23H2,1-6H3/t16-,17+,18-/m1/s1. The Kier molecular flexibility index (Phi) is 6.96. The normalized spacial score (nSPS) is 21.0. The molecule has 1 fully saturated rings. The van der Waals surface area contributed by atoms with Gasteiger partial charge in [0.2, 0.25) is 0 Å². The van der Waals surface area contributed by atoms with E-state index in [0.717, 1.165) is 11.1 Å². The molecule has 1 aliphatic rings. The summed E-state index contributed by atoms with van der Waals surface area (Å²) in [6.07, 6.45) is -0.503. The van der Waals surface area contributed by atoms with Crippen LogP contribution in [0.15, 0.2) is 24.3 Å². The number of hydrogen-bond donors (Lipinski definition) is 2. The van der Waals surface area contributed by atoms with E-state index in [1.807, 2.05) is 65.8 Å². The molecule has 0 saturated carbocycles. The first kappa shape index (κ1) is 23.2. The van der Waals surface area contributed by atoms with Crippen LogP contribution in [0.25, 0.3) is 0 Å². The van der Waals surface area contributed by atoms with Crippen LogP contribution in [0.2, 0.25) is 0 Å². The number of carbonyl (C=O) groups excluding carboxylic acids is 2. The first-order chi connectivity index (χ1) is 13.2. The Labute approximate surface area is 173 Å². The van der Waals surface area contributed by atoms with Gasteiger partial charge in [-0.3, -0.25) is 9.69 Å². The molecule has 2 rings (SSSR count). The van der Waals surface area contributed by atoms with Crippen molar-refractivity contribution in [3.63, 3.8) is 0 Å². The second-order valence-electron chi connectivity index (χ2n) is 9.60. The molecule has 0 aliphatic carbocycles. The number of hydrogen-bond acceptors (Lipinski definition) is 6. The van der Waals surface area contributed by atoms with Crippen molar-refractivity contribution in [2.75, 3.05) is 6.54 Å². The Morgan fingerprint density at radius 3 is 2.17 bits per heavy atom. The van der Waals surface area contributed by atoms with Gasteiger partial charge in [0, 0.05) is 6.04 Å². The van der Waals surface area contributed by atoms with E-state index in [1.54, 1.807) is 4.90 Å². The molecule has 1 saturated heterocycles. The molecule has 0 radical (unpaired) electrons. The molecule has 3 atom stereocenters. The minimum atomic E-state index is -0.604. The number of benzene rings is 1. The summed E-state index contributed by atoms with van der Waals surface area (Å²) in [5, 5.41) is 10.1. The molecule has 162 valence electrons. The highest BCUT2D eigenvalue weighted by Gasteiger charge is 2.37. The van der Waals surface area contributed by atoms with Crippen molar-refractivity contribution < 1.29 is 24.2 Å². The fraction of sp³-hybridized carbons (Fsp3) is 0.636. The smallest absolute Gasteiger partial charge is 0.410 e. The molecule has 0 spiro atoms. The zero-order valence-corrected chi connectivity index (χ0v) is 18.3. The number of nitrogens with zero attached hydrogens (tertiary/aromatic N) is 1. The fourth-order valence-electron chi connectivity index (χ4n) is 3.30. The van der Waals surface area contributed by atoms with E-state index in [1.165, 1.54) is 0 Å². The van der Waals surface area contributed by atoms with E-state index in [0.29, 0.717) is 6.42 Å². The first-order valence-electron chi connectivity index (χ1n) is 10.00. The number of ether oxygens (including phenoxy) is 2. The van der Waals surface area contributed by atoms with Gasteiger partial charge < -0.3 is 20.3 Å². The molecule has 7 heteroatoms. The molecule has 3 N–H and O–H groups in total. The molecule has 1 aromatic rings. The van der Waals surface area contributed by atoms with Gasteiger partial charge in [0.25, 0.3) is 0 Å². The SMILES string of the molecule is CC(C)(C)OC(=O)C[C@H](N)c1ccc([C@H]2C[C@@H](O)CN2C(=O)OC(C)(C)C)cc1. The number of aliphatic hydroxyl groups excluding tert-OH is 1. The minimum Gasteiger partial charge on any atom is -0.460 e.